The van der Waals surface area contributed by atoms with Gasteiger partial charge < -0.3 is 9.53 Å². The van der Waals surface area contributed by atoms with E-state index in [-0.39, 0.29) is 5.04 Å². The van der Waals surface area contributed by atoms with Gasteiger partial charge in [0.2, 0.25) is 0 Å². The topological polar surface area (TPSA) is 29.5 Å². The lowest BCUT2D eigenvalue weighted by Crippen LogP contribution is -2.47. The Morgan fingerprint density at radius 2 is 1.57 bits per heavy atom. The lowest BCUT2D eigenvalue weighted by molar-refractivity contribution is 0.128. The van der Waals surface area contributed by atoms with E-state index in [1.807, 2.05) is 13.8 Å². The fourth-order valence-corrected chi connectivity index (χ4v) is 4.26. The molecule has 0 amide bonds. The summed E-state index contributed by atoms with van der Waals surface area (Å²) >= 11 is 0. The molecular weight excluding hydrogens is 276 g/mol. The maximum atomic E-state index is 10.3. The van der Waals surface area contributed by atoms with Gasteiger partial charge >= 0.3 is 0 Å². The SMILES string of the molecule is CC(C)(C#C[C@H](O)C1CCCCC1)O[Si](C)(C)C(C)(C)C. The second-order valence-corrected chi connectivity index (χ2v) is 13.2. The van der Waals surface area contributed by atoms with Crippen LogP contribution in [0.3, 0.4) is 0 Å². The van der Waals surface area contributed by atoms with Crippen molar-refractivity contribution in [2.45, 2.75) is 96.6 Å². The number of rotatable bonds is 3. The van der Waals surface area contributed by atoms with E-state index in [1.54, 1.807) is 0 Å². The quantitative estimate of drug-likeness (QED) is 0.603. The van der Waals surface area contributed by atoms with Crippen LogP contribution in [0.2, 0.25) is 18.1 Å². The zero-order valence-electron chi connectivity index (χ0n) is 15.0. The summed E-state index contributed by atoms with van der Waals surface area (Å²) in [6, 6.07) is 0. The van der Waals surface area contributed by atoms with E-state index in [0.717, 1.165) is 12.8 Å². The van der Waals surface area contributed by atoms with Crippen molar-refractivity contribution in [1.82, 2.24) is 0 Å². The van der Waals surface area contributed by atoms with Crippen LogP contribution < -0.4 is 0 Å². The Morgan fingerprint density at radius 1 is 1.05 bits per heavy atom. The summed E-state index contributed by atoms with van der Waals surface area (Å²) in [6.07, 6.45) is 5.49. The number of hydrogen-bond acceptors (Lipinski definition) is 2. The minimum atomic E-state index is -1.84. The van der Waals surface area contributed by atoms with Crippen molar-refractivity contribution in [3.8, 4) is 11.8 Å². The van der Waals surface area contributed by atoms with Crippen LogP contribution in [0.5, 0.6) is 0 Å². The van der Waals surface area contributed by atoms with Crippen LogP contribution in [0.25, 0.3) is 0 Å². The number of aliphatic hydroxyl groups excluding tert-OH is 1. The van der Waals surface area contributed by atoms with Crippen LogP contribution >= 0.6 is 0 Å². The van der Waals surface area contributed by atoms with Crippen LogP contribution in [0.4, 0.5) is 0 Å². The van der Waals surface area contributed by atoms with Crippen molar-refractivity contribution >= 4 is 8.32 Å². The molecule has 0 aromatic carbocycles. The van der Waals surface area contributed by atoms with Gasteiger partial charge in [-0.2, -0.15) is 0 Å². The molecule has 0 unspecified atom stereocenters. The second kappa shape index (κ2) is 6.85. The lowest BCUT2D eigenvalue weighted by Gasteiger charge is -2.40. The van der Waals surface area contributed by atoms with Crippen LogP contribution in [0.15, 0.2) is 0 Å². The van der Waals surface area contributed by atoms with Gasteiger partial charge in [0, 0.05) is 0 Å². The third-order valence-electron chi connectivity index (χ3n) is 4.93. The maximum Gasteiger partial charge on any atom is 0.194 e. The zero-order valence-corrected chi connectivity index (χ0v) is 16.0. The van der Waals surface area contributed by atoms with E-state index in [0.29, 0.717) is 5.92 Å². The summed E-state index contributed by atoms with van der Waals surface area (Å²) in [4.78, 5) is 0. The molecule has 0 aromatic rings. The van der Waals surface area contributed by atoms with Gasteiger partial charge in [-0.25, -0.2) is 0 Å². The first kappa shape index (κ1) is 18.7. The molecule has 122 valence electrons. The summed E-state index contributed by atoms with van der Waals surface area (Å²) in [5.41, 5.74) is -0.487. The minimum absolute atomic E-state index is 0.175. The predicted octanol–water partition coefficient (Wildman–Crippen LogP) is 4.73. The molecule has 0 aliphatic heterocycles. The zero-order chi connectivity index (χ0) is 16.3. The third-order valence-corrected chi connectivity index (χ3v) is 9.57. The fraction of sp³-hybridized carbons (Fsp3) is 0.889. The first-order valence-corrected chi connectivity index (χ1v) is 11.3. The van der Waals surface area contributed by atoms with Gasteiger partial charge in [0.15, 0.2) is 8.32 Å². The van der Waals surface area contributed by atoms with E-state index < -0.39 is 20.0 Å². The number of aliphatic hydroxyl groups is 1. The highest BCUT2D eigenvalue weighted by Crippen LogP contribution is 2.39. The maximum absolute atomic E-state index is 10.3. The van der Waals surface area contributed by atoms with Crippen LogP contribution in [0.1, 0.15) is 66.7 Å². The molecule has 0 spiro atoms. The van der Waals surface area contributed by atoms with Crippen molar-refractivity contribution in [1.29, 1.82) is 0 Å². The minimum Gasteiger partial charge on any atom is -0.401 e. The van der Waals surface area contributed by atoms with Gasteiger partial charge in [0.25, 0.3) is 0 Å². The Balaban J connectivity index is 2.69. The smallest absolute Gasteiger partial charge is 0.194 e. The fourth-order valence-electron chi connectivity index (χ4n) is 2.63. The largest absolute Gasteiger partial charge is 0.401 e. The highest BCUT2D eigenvalue weighted by molar-refractivity contribution is 6.74. The molecule has 21 heavy (non-hydrogen) atoms. The summed E-state index contributed by atoms with van der Waals surface area (Å²) in [7, 11) is -1.84. The van der Waals surface area contributed by atoms with E-state index in [1.165, 1.54) is 19.3 Å². The summed E-state index contributed by atoms with van der Waals surface area (Å²) < 4.78 is 6.38. The molecule has 1 atom stereocenters. The van der Waals surface area contributed by atoms with Crippen molar-refractivity contribution < 1.29 is 9.53 Å². The van der Waals surface area contributed by atoms with E-state index >= 15 is 0 Å². The van der Waals surface area contributed by atoms with Crippen molar-refractivity contribution in [2.24, 2.45) is 5.92 Å². The molecule has 1 rings (SSSR count). The predicted molar refractivity (Wildman–Crippen MR) is 92.7 cm³/mol. The van der Waals surface area contributed by atoms with Gasteiger partial charge in [0.05, 0.1) is 0 Å². The van der Waals surface area contributed by atoms with Crippen molar-refractivity contribution in [2.75, 3.05) is 0 Å². The van der Waals surface area contributed by atoms with Crippen molar-refractivity contribution in [3.05, 3.63) is 0 Å². The highest BCUT2D eigenvalue weighted by atomic mass is 28.4. The monoisotopic (exact) mass is 310 g/mol. The average molecular weight is 311 g/mol. The molecule has 3 heteroatoms. The summed E-state index contributed by atoms with van der Waals surface area (Å²) in [6.45, 7) is 15.2. The van der Waals surface area contributed by atoms with Gasteiger partial charge in [-0.15, -0.1) is 0 Å². The molecule has 0 bridgehead atoms. The third kappa shape index (κ3) is 5.77. The second-order valence-electron chi connectivity index (χ2n) is 8.48. The van der Waals surface area contributed by atoms with E-state index in [4.69, 9.17) is 4.43 Å². The number of hydrogen-bond donors (Lipinski definition) is 1. The van der Waals surface area contributed by atoms with Crippen LogP contribution in [0, 0.1) is 17.8 Å². The van der Waals surface area contributed by atoms with E-state index in [2.05, 4.69) is 45.7 Å². The molecule has 0 heterocycles. The van der Waals surface area contributed by atoms with Gasteiger partial charge in [0.1, 0.15) is 11.7 Å². The Hall–Kier alpha value is -0.303. The average Bonchev–Trinajstić information content (AvgIpc) is 2.34. The first-order valence-electron chi connectivity index (χ1n) is 8.35. The highest BCUT2D eigenvalue weighted by Gasteiger charge is 2.41. The first-order chi connectivity index (χ1) is 9.45. The van der Waals surface area contributed by atoms with Crippen LogP contribution in [-0.2, 0) is 4.43 Å². The van der Waals surface area contributed by atoms with Gasteiger partial charge in [-0.1, -0.05) is 51.9 Å². The van der Waals surface area contributed by atoms with Gasteiger partial charge in [-0.3, -0.25) is 0 Å². The molecule has 0 radical (unpaired) electrons. The molecule has 1 aliphatic rings. The van der Waals surface area contributed by atoms with Crippen LogP contribution in [-0.4, -0.2) is 25.1 Å². The Labute approximate surface area is 132 Å². The Bertz CT molecular complexity index is 390. The van der Waals surface area contributed by atoms with Crippen molar-refractivity contribution in [3.63, 3.8) is 0 Å². The molecule has 1 saturated carbocycles. The van der Waals surface area contributed by atoms with E-state index in [9.17, 15) is 5.11 Å². The lowest BCUT2D eigenvalue weighted by atomic mass is 9.85. The summed E-state index contributed by atoms with van der Waals surface area (Å²) in [5, 5.41) is 10.5. The molecule has 0 aromatic heterocycles. The molecule has 1 aliphatic carbocycles. The molecule has 1 fully saturated rings. The molecule has 2 nitrogen and oxygen atoms in total. The Kier molecular flexibility index (Phi) is 6.12. The Morgan fingerprint density at radius 3 is 2.05 bits per heavy atom. The summed E-state index contributed by atoms with van der Waals surface area (Å²) in [5.74, 6) is 6.62. The molecule has 1 N–H and O–H groups in total. The van der Waals surface area contributed by atoms with Gasteiger partial charge in [-0.05, 0) is 50.7 Å². The normalized spacial score (nSPS) is 19.8. The molecule has 0 saturated heterocycles. The molecular formula is C18H34O2Si. The standard InChI is InChI=1S/C18H34O2Si/c1-17(2,3)21(6,7)20-18(4,5)14-13-16(19)15-11-9-8-10-12-15/h15-16,19H,8-12H2,1-7H3/t16-/m0/s1.